The number of carbonyl (C=O) groups excluding carboxylic acids is 2. The van der Waals surface area contributed by atoms with Crippen molar-refractivity contribution in [1.29, 1.82) is 0 Å². The third-order valence-electron chi connectivity index (χ3n) is 4.62. The summed E-state index contributed by atoms with van der Waals surface area (Å²) in [5.41, 5.74) is 1.82. The molecule has 0 aliphatic carbocycles. The summed E-state index contributed by atoms with van der Waals surface area (Å²) < 4.78 is 0. The van der Waals surface area contributed by atoms with Gasteiger partial charge in [0.05, 0.1) is 0 Å². The molecule has 28 heavy (non-hydrogen) atoms. The molecule has 0 unspecified atom stereocenters. The number of nitrogens with one attached hydrogen (secondary N) is 2. The molecule has 1 saturated heterocycles. The van der Waals surface area contributed by atoms with Crippen molar-refractivity contribution in [1.82, 2.24) is 10.2 Å². The normalized spacial score (nSPS) is 14.1. The number of nitrogens with zero attached hydrogens (tertiary/aromatic N) is 1. The van der Waals surface area contributed by atoms with Gasteiger partial charge in [-0.15, -0.1) is 0 Å². The first-order chi connectivity index (χ1) is 13.5. The Morgan fingerprint density at radius 2 is 1.43 bits per heavy atom. The Bertz CT molecular complexity index is 845. The molecule has 146 valence electrons. The van der Waals surface area contributed by atoms with E-state index in [2.05, 4.69) is 10.6 Å². The lowest BCUT2D eigenvalue weighted by molar-refractivity contribution is 0.0761. The summed E-state index contributed by atoms with van der Waals surface area (Å²) in [5.74, 6) is -0.255. The molecular weight excluding hydrogens is 394 g/mol. The molecule has 0 saturated carbocycles. The SMILES string of the molecule is O=C(NC(=S)Nc1ccc(C(=O)N2CCCCCC2)cc1)c1ccc(Cl)cc1. The van der Waals surface area contributed by atoms with Gasteiger partial charge in [-0.05, 0) is 73.6 Å². The van der Waals surface area contributed by atoms with E-state index < -0.39 is 0 Å². The lowest BCUT2D eigenvalue weighted by Crippen LogP contribution is -2.34. The van der Waals surface area contributed by atoms with Gasteiger partial charge >= 0.3 is 0 Å². The van der Waals surface area contributed by atoms with Crippen LogP contribution in [0.1, 0.15) is 46.4 Å². The number of hydrogen-bond acceptors (Lipinski definition) is 3. The lowest BCUT2D eigenvalue weighted by Gasteiger charge is -2.20. The van der Waals surface area contributed by atoms with E-state index >= 15 is 0 Å². The van der Waals surface area contributed by atoms with Crippen LogP contribution in [0.4, 0.5) is 5.69 Å². The molecular formula is C21H22ClN3O2S. The zero-order valence-corrected chi connectivity index (χ0v) is 17.0. The number of rotatable bonds is 3. The molecule has 2 aromatic rings. The van der Waals surface area contributed by atoms with Crippen molar-refractivity contribution in [2.45, 2.75) is 25.7 Å². The summed E-state index contributed by atoms with van der Waals surface area (Å²) in [5, 5.41) is 6.33. The third-order valence-corrected chi connectivity index (χ3v) is 5.07. The second-order valence-corrected chi connectivity index (χ2v) is 7.54. The maximum absolute atomic E-state index is 12.6. The standard InChI is InChI=1S/C21H22ClN3O2S/c22-17-9-5-15(6-10-17)19(26)24-21(28)23-18-11-7-16(8-12-18)20(27)25-13-3-1-2-4-14-25/h5-12H,1-4,13-14H2,(H2,23,24,26,28). The Hall–Kier alpha value is -2.44. The molecule has 1 fully saturated rings. The van der Waals surface area contributed by atoms with Crippen LogP contribution in [0.3, 0.4) is 0 Å². The second-order valence-electron chi connectivity index (χ2n) is 6.70. The van der Waals surface area contributed by atoms with Crippen molar-refractivity contribution < 1.29 is 9.59 Å². The van der Waals surface area contributed by atoms with Crippen LogP contribution in [-0.2, 0) is 0 Å². The van der Waals surface area contributed by atoms with Crippen molar-refractivity contribution in [2.24, 2.45) is 0 Å². The van der Waals surface area contributed by atoms with E-state index in [1.54, 1.807) is 48.5 Å². The van der Waals surface area contributed by atoms with E-state index in [4.69, 9.17) is 23.8 Å². The fraction of sp³-hybridized carbons (Fsp3) is 0.286. The highest BCUT2D eigenvalue weighted by molar-refractivity contribution is 7.80. The summed E-state index contributed by atoms with van der Waals surface area (Å²) in [6, 6.07) is 13.7. The Morgan fingerprint density at radius 1 is 0.857 bits per heavy atom. The predicted molar refractivity (Wildman–Crippen MR) is 116 cm³/mol. The minimum atomic E-state index is -0.317. The fourth-order valence-corrected chi connectivity index (χ4v) is 3.43. The number of anilines is 1. The number of benzene rings is 2. The van der Waals surface area contributed by atoms with Crippen LogP contribution < -0.4 is 10.6 Å². The third kappa shape index (κ3) is 5.53. The van der Waals surface area contributed by atoms with E-state index in [9.17, 15) is 9.59 Å². The molecule has 0 atom stereocenters. The summed E-state index contributed by atoms with van der Waals surface area (Å²) in [7, 11) is 0. The second kappa shape index (κ2) is 9.66. The van der Waals surface area contributed by atoms with Crippen molar-refractivity contribution in [3.05, 3.63) is 64.7 Å². The maximum atomic E-state index is 12.6. The van der Waals surface area contributed by atoms with E-state index in [1.165, 1.54) is 12.8 Å². The number of halogens is 1. The first-order valence-electron chi connectivity index (χ1n) is 9.30. The van der Waals surface area contributed by atoms with Gasteiger partial charge in [0.1, 0.15) is 0 Å². The zero-order chi connectivity index (χ0) is 19.9. The number of amides is 2. The van der Waals surface area contributed by atoms with Crippen LogP contribution in [-0.4, -0.2) is 34.9 Å². The highest BCUT2D eigenvalue weighted by atomic mass is 35.5. The van der Waals surface area contributed by atoms with Gasteiger partial charge in [0.15, 0.2) is 5.11 Å². The summed E-state index contributed by atoms with van der Waals surface area (Å²) in [6.07, 6.45) is 4.50. The molecule has 0 aromatic heterocycles. The van der Waals surface area contributed by atoms with Crippen molar-refractivity contribution in [3.8, 4) is 0 Å². The monoisotopic (exact) mass is 415 g/mol. The molecule has 1 aliphatic rings. The van der Waals surface area contributed by atoms with Gasteiger partial charge in [-0.25, -0.2) is 0 Å². The Morgan fingerprint density at radius 3 is 2.04 bits per heavy atom. The fourth-order valence-electron chi connectivity index (χ4n) is 3.09. The van der Waals surface area contributed by atoms with E-state index in [0.717, 1.165) is 25.9 Å². The molecule has 1 aliphatic heterocycles. The first kappa shape index (κ1) is 20.3. The largest absolute Gasteiger partial charge is 0.339 e. The number of likely N-dealkylation sites (tertiary alicyclic amines) is 1. The first-order valence-corrected chi connectivity index (χ1v) is 10.1. The average Bonchev–Trinajstić information content (AvgIpc) is 2.98. The Balaban J connectivity index is 1.56. The lowest BCUT2D eigenvalue weighted by atomic mass is 10.1. The highest BCUT2D eigenvalue weighted by Gasteiger charge is 2.17. The van der Waals surface area contributed by atoms with Gasteiger partial charge < -0.3 is 10.2 Å². The molecule has 3 rings (SSSR count). The van der Waals surface area contributed by atoms with Crippen LogP contribution in [0.25, 0.3) is 0 Å². The Kier molecular flexibility index (Phi) is 7.01. The molecule has 0 spiro atoms. The van der Waals surface area contributed by atoms with Crippen LogP contribution in [0.15, 0.2) is 48.5 Å². The van der Waals surface area contributed by atoms with Gasteiger partial charge in [-0.2, -0.15) is 0 Å². The number of thiocarbonyl (C=S) groups is 1. The van der Waals surface area contributed by atoms with Gasteiger partial charge in [-0.1, -0.05) is 24.4 Å². The molecule has 2 aromatic carbocycles. The van der Waals surface area contributed by atoms with Crippen LogP contribution in [0, 0.1) is 0 Å². The summed E-state index contributed by atoms with van der Waals surface area (Å²) in [6.45, 7) is 1.64. The van der Waals surface area contributed by atoms with Crippen molar-refractivity contribution >= 4 is 46.4 Å². The Labute approximate surface area is 175 Å². The molecule has 7 heteroatoms. The zero-order valence-electron chi connectivity index (χ0n) is 15.4. The molecule has 5 nitrogen and oxygen atoms in total. The van der Waals surface area contributed by atoms with Crippen LogP contribution in [0.5, 0.6) is 0 Å². The summed E-state index contributed by atoms with van der Waals surface area (Å²) >= 11 is 11.0. The average molecular weight is 416 g/mol. The minimum absolute atomic E-state index is 0.0621. The predicted octanol–water partition coefficient (Wildman–Crippen LogP) is 4.48. The van der Waals surface area contributed by atoms with Crippen LogP contribution >= 0.6 is 23.8 Å². The maximum Gasteiger partial charge on any atom is 0.257 e. The van der Waals surface area contributed by atoms with Crippen molar-refractivity contribution in [3.63, 3.8) is 0 Å². The van der Waals surface area contributed by atoms with E-state index in [-0.39, 0.29) is 16.9 Å². The summed E-state index contributed by atoms with van der Waals surface area (Å²) in [4.78, 5) is 26.7. The van der Waals surface area contributed by atoms with Gasteiger partial charge in [-0.3, -0.25) is 14.9 Å². The molecule has 1 heterocycles. The van der Waals surface area contributed by atoms with E-state index in [0.29, 0.717) is 21.8 Å². The quantitative estimate of drug-likeness (QED) is 0.725. The number of hydrogen-bond donors (Lipinski definition) is 2. The molecule has 0 bridgehead atoms. The van der Waals surface area contributed by atoms with E-state index in [1.807, 2.05) is 4.90 Å². The molecule has 0 radical (unpaired) electrons. The number of carbonyl (C=O) groups is 2. The minimum Gasteiger partial charge on any atom is -0.339 e. The van der Waals surface area contributed by atoms with Crippen molar-refractivity contribution in [2.75, 3.05) is 18.4 Å². The van der Waals surface area contributed by atoms with Gasteiger partial charge in [0, 0.05) is 34.9 Å². The highest BCUT2D eigenvalue weighted by Crippen LogP contribution is 2.16. The smallest absolute Gasteiger partial charge is 0.257 e. The van der Waals surface area contributed by atoms with Gasteiger partial charge in [0.2, 0.25) is 0 Å². The molecule has 2 amide bonds. The molecule has 2 N–H and O–H groups in total. The van der Waals surface area contributed by atoms with Gasteiger partial charge in [0.25, 0.3) is 11.8 Å². The topological polar surface area (TPSA) is 61.4 Å². The van der Waals surface area contributed by atoms with Crippen LogP contribution in [0.2, 0.25) is 5.02 Å².